The Morgan fingerprint density at radius 2 is 1.59 bits per heavy atom. The number of ether oxygens (including phenoxy) is 2. The third-order valence-corrected chi connectivity index (χ3v) is 4.87. The zero-order valence-electron chi connectivity index (χ0n) is 14.6. The SMILES string of the molecule is COc1cc(OC)cc(C(=O)Nc2cc(S(=O)(=O)O)c3ccccc3c2)c1. The van der Waals surface area contributed by atoms with E-state index in [-0.39, 0.29) is 16.1 Å². The first-order chi connectivity index (χ1) is 12.8. The molecule has 27 heavy (non-hydrogen) atoms. The van der Waals surface area contributed by atoms with Crippen molar-refractivity contribution in [3.05, 3.63) is 60.2 Å². The number of fused-ring (bicyclic) bond motifs is 1. The van der Waals surface area contributed by atoms with Gasteiger partial charge < -0.3 is 14.8 Å². The van der Waals surface area contributed by atoms with E-state index in [0.29, 0.717) is 22.3 Å². The number of benzene rings is 3. The molecule has 0 radical (unpaired) electrons. The van der Waals surface area contributed by atoms with E-state index in [1.54, 1.807) is 36.4 Å². The fraction of sp³-hybridized carbons (Fsp3) is 0.105. The van der Waals surface area contributed by atoms with Crippen LogP contribution in [0.3, 0.4) is 0 Å². The molecule has 7 nitrogen and oxygen atoms in total. The van der Waals surface area contributed by atoms with Crippen LogP contribution in [0.4, 0.5) is 5.69 Å². The van der Waals surface area contributed by atoms with Crippen molar-refractivity contribution in [2.75, 3.05) is 19.5 Å². The van der Waals surface area contributed by atoms with Crippen molar-refractivity contribution in [3.8, 4) is 11.5 Å². The van der Waals surface area contributed by atoms with Gasteiger partial charge in [-0.3, -0.25) is 9.35 Å². The molecule has 0 atom stereocenters. The third kappa shape index (κ3) is 4.02. The van der Waals surface area contributed by atoms with E-state index in [0.717, 1.165) is 0 Å². The minimum atomic E-state index is -4.46. The number of amides is 1. The van der Waals surface area contributed by atoms with Crippen LogP contribution in [0.1, 0.15) is 10.4 Å². The molecule has 0 heterocycles. The first-order valence-electron chi connectivity index (χ1n) is 7.86. The van der Waals surface area contributed by atoms with Crippen molar-refractivity contribution in [1.82, 2.24) is 0 Å². The van der Waals surface area contributed by atoms with E-state index in [4.69, 9.17) is 9.47 Å². The van der Waals surface area contributed by atoms with E-state index < -0.39 is 16.0 Å². The van der Waals surface area contributed by atoms with Crippen LogP contribution in [0.2, 0.25) is 0 Å². The number of hydrogen-bond acceptors (Lipinski definition) is 5. The van der Waals surface area contributed by atoms with Gasteiger partial charge in [0.2, 0.25) is 0 Å². The number of hydrogen-bond donors (Lipinski definition) is 2. The van der Waals surface area contributed by atoms with Crippen molar-refractivity contribution in [1.29, 1.82) is 0 Å². The fourth-order valence-electron chi connectivity index (χ4n) is 2.70. The minimum Gasteiger partial charge on any atom is -0.497 e. The van der Waals surface area contributed by atoms with Crippen molar-refractivity contribution in [3.63, 3.8) is 0 Å². The van der Waals surface area contributed by atoms with Crippen LogP contribution >= 0.6 is 0 Å². The van der Waals surface area contributed by atoms with Gasteiger partial charge in [0.1, 0.15) is 16.4 Å². The maximum absolute atomic E-state index is 12.6. The summed E-state index contributed by atoms with van der Waals surface area (Å²) in [5, 5.41) is 3.56. The quantitative estimate of drug-likeness (QED) is 0.651. The topological polar surface area (TPSA) is 102 Å². The maximum Gasteiger partial charge on any atom is 0.295 e. The highest BCUT2D eigenvalue weighted by Gasteiger charge is 2.17. The van der Waals surface area contributed by atoms with E-state index in [1.165, 1.54) is 32.4 Å². The third-order valence-electron chi connectivity index (χ3n) is 3.97. The minimum absolute atomic E-state index is 0.230. The van der Waals surface area contributed by atoms with Gasteiger partial charge in [0.25, 0.3) is 16.0 Å². The lowest BCUT2D eigenvalue weighted by Crippen LogP contribution is -2.13. The largest absolute Gasteiger partial charge is 0.497 e. The van der Waals surface area contributed by atoms with Gasteiger partial charge in [-0.1, -0.05) is 24.3 Å². The van der Waals surface area contributed by atoms with Gasteiger partial charge in [0, 0.05) is 22.7 Å². The van der Waals surface area contributed by atoms with Gasteiger partial charge >= 0.3 is 0 Å². The van der Waals surface area contributed by atoms with Crippen molar-refractivity contribution in [2.45, 2.75) is 4.90 Å². The molecule has 0 unspecified atom stereocenters. The number of carbonyl (C=O) groups is 1. The second kappa shape index (κ2) is 7.26. The number of carbonyl (C=O) groups excluding carboxylic acids is 1. The summed E-state index contributed by atoms with van der Waals surface area (Å²) >= 11 is 0. The average molecular weight is 387 g/mol. The Morgan fingerprint density at radius 1 is 0.963 bits per heavy atom. The van der Waals surface area contributed by atoms with E-state index in [1.807, 2.05) is 0 Å². The standard InChI is InChI=1S/C19H17NO6S/c1-25-15-8-13(9-16(11-15)26-2)19(21)20-14-7-12-5-3-4-6-17(12)18(10-14)27(22,23)24/h3-11H,1-2H3,(H,20,21)(H,22,23,24). The Hall–Kier alpha value is -3.10. The smallest absolute Gasteiger partial charge is 0.295 e. The molecular weight excluding hydrogens is 370 g/mol. The van der Waals surface area contributed by atoms with Crippen LogP contribution in [-0.2, 0) is 10.1 Å². The fourth-order valence-corrected chi connectivity index (χ4v) is 3.44. The van der Waals surface area contributed by atoms with Gasteiger partial charge in [-0.25, -0.2) is 0 Å². The van der Waals surface area contributed by atoms with Crippen LogP contribution in [0, 0.1) is 0 Å². The molecule has 0 fully saturated rings. The van der Waals surface area contributed by atoms with Crippen molar-refractivity contribution in [2.24, 2.45) is 0 Å². The van der Waals surface area contributed by atoms with E-state index >= 15 is 0 Å². The van der Waals surface area contributed by atoms with E-state index in [9.17, 15) is 17.8 Å². The van der Waals surface area contributed by atoms with Gasteiger partial charge in [0.05, 0.1) is 14.2 Å². The monoisotopic (exact) mass is 387 g/mol. The Balaban J connectivity index is 2.03. The molecule has 0 saturated carbocycles. The number of anilines is 1. The number of methoxy groups -OCH3 is 2. The summed E-state index contributed by atoms with van der Waals surface area (Å²) in [6, 6.07) is 14.2. The van der Waals surface area contributed by atoms with Gasteiger partial charge in [-0.15, -0.1) is 0 Å². The molecule has 8 heteroatoms. The lowest BCUT2D eigenvalue weighted by atomic mass is 10.1. The summed E-state index contributed by atoms with van der Waals surface area (Å²) in [7, 11) is -1.52. The molecule has 0 aliphatic rings. The Morgan fingerprint density at radius 3 is 2.19 bits per heavy atom. The average Bonchev–Trinajstić information content (AvgIpc) is 2.66. The number of nitrogens with one attached hydrogen (secondary N) is 1. The molecular formula is C19H17NO6S. The molecule has 140 valence electrons. The second-order valence-electron chi connectivity index (χ2n) is 5.73. The summed E-state index contributed by atoms with van der Waals surface area (Å²) in [5.41, 5.74) is 0.501. The summed E-state index contributed by atoms with van der Waals surface area (Å²) in [4.78, 5) is 12.3. The Bertz CT molecular complexity index is 1100. The zero-order valence-corrected chi connectivity index (χ0v) is 15.4. The number of rotatable bonds is 5. The summed E-state index contributed by atoms with van der Waals surface area (Å²) in [6.07, 6.45) is 0. The first-order valence-corrected chi connectivity index (χ1v) is 9.30. The maximum atomic E-state index is 12.6. The van der Waals surface area contributed by atoms with E-state index in [2.05, 4.69) is 5.32 Å². The first kappa shape index (κ1) is 18.7. The van der Waals surface area contributed by atoms with Crippen LogP contribution in [0.5, 0.6) is 11.5 Å². The molecule has 0 saturated heterocycles. The molecule has 3 aromatic rings. The molecule has 0 bridgehead atoms. The zero-order chi connectivity index (χ0) is 19.6. The molecule has 2 N–H and O–H groups in total. The molecule has 0 aromatic heterocycles. The van der Waals surface area contributed by atoms with Gasteiger partial charge in [-0.05, 0) is 29.7 Å². The lowest BCUT2D eigenvalue weighted by molar-refractivity contribution is 0.102. The molecule has 3 aromatic carbocycles. The molecule has 0 aliphatic heterocycles. The van der Waals surface area contributed by atoms with Crippen LogP contribution in [-0.4, -0.2) is 33.1 Å². The molecule has 1 amide bonds. The Kier molecular flexibility index (Phi) is 5.02. The summed E-state index contributed by atoms with van der Waals surface area (Å²) in [5.74, 6) is 0.400. The molecule has 0 spiro atoms. The van der Waals surface area contributed by atoms with Crippen LogP contribution in [0.25, 0.3) is 10.8 Å². The van der Waals surface area contributed by atoms with Crippen LogP contribution < -0.4 is 14.8 Å². The predicted molar refractivity (Wildman–Crippen MR) is 101 cm³/mol. The van der Waals surface area contributed by atoms with Crippen molar-refractivity contribution >= 4 is 32.5 Å². The highest BCUT2D eigenvalue weighted by Crippen LogP contribution is 2.28. The lowest BCUT2D eigenvalue weighted by Gasteiger charge is -2.11. The predicted octanol–water partition coefficient (Wildman–Crippen LogP) is 3.36. The normalized spacial score (nSPS) is 11.2. The highest BCUT2D eigenvalue weighted by atomic mass is 32.2. The summed E-state index contributed by atoms with van der Waals surface area (Å²) < 4.78 is 43.3. The van der Waals surface area contributed by atoms with Crippen molar-refractivity contribution < 1.29 is 27.2 Å². The van der Waals surface area contributed by atoms with Gasteiger partial charge in [-0.2, -0.15) is 8.42 Å². The highest BCUT2D eigenvalue weighted by molar-refractivity contribution is 7.86. The second-order valence-corrected chi connectivity index (χ2v) is 7.12. The van der Waals surface area contributed by atoms with Gasteiger partial charge in [0.15, 0.2) is 0 Å². The molecule has 3 rings (SSSR count). The Labute approximate surface area is 156 Å². The van der Waals surface area contributed by atoms with Crippen LogP contribution in [0.15, 0.2) is 59.5 Å². The summed E-state index contributed by atoms with van der Waals surface area (Å²) in [6.45, 7) is 0. The molecule has 0 aliphatic carbocycles.